The van der Waals surface area contributed by atoms with E-state index in [1.165, 1.54) is 18.4 Å². The van der Waals surface area contributed by atoms with Gasteiger partial charge in [-0.25, -0.2) is 0 Å². The van der Waals surface area contributed by atoms with Crippen molar-refractivity contribution in [3.8, 4) is 0 Å². The first-order valence-corrected chi connectivity index (χ1v) is 11.6. The van der Waals surface area contributed by atoms with Crippen LogP contribution in [0, 0.1) is 5.92 Å². The molecule has 1 aromatic heterocycles. The highest BCUT2D eigenvalue weighted by molar-refractivity contribution is 5.79. The molecule has 1 N–H and O–H groups in total. The van der Waals surface area contributed by atoms with Gasteiger partial charge in [-0.3, -0.25) is 9.69 Å². The van der Waals surface area contributed by atoms with Crippen LogP contribution < -0.4 is 5.32 Å². The van der Waals surface area contributed by atoms with E-state index in [1.807, 2.05) is 12.1 Å². The van der Waals surface area contributed by atoms with Crippen LogP contribution in [0.3, 0.4) is 0 Å². The van der Waals surface area contributed by atoms with Crippen LogP contribution in [0.15, 0.2) is 53.1 Å². The standard InChI is InChI=1S/C25H35N3O2/c29-25(22-12-16-28(17-13-22)20-24-11-6-18-30-24)26-23-10-5-15-27(19-23)14-4-9-21-7-2-1-3-8-21/h1-3,6-8,11,18,22-23H,4-5,9-10,12-17,19-20H2,(H,26,29)/t23-/m0/s1. The van der Waals surface area contributed by atoms with Crippen LogP contribution in [0.4, 0.5) is 0 Å². The summed E-state index contributed by atoms with van der Waals surface area (Å²) in [4.78, 5) is 17.7. The number of hydrogen-bond acceptors (Lipinski definition) is 4. The molecule has 5 nitrogen and oxygen atoms in total. The number of benzene rings is 1. The molecule has 0 unspecified atom stereocenters. The third-order valence-electron chi connectivity index (χ3n) is 6.55. The second-order valence-electron chi connectivity index (χ2n) is 8.87. The molecular formula is C25H35N3O2. The molecule has 162 valence electrons. The van der Waals surface area contributed by atoms with E-state index in [1.54, 1.807) is 6.26 Å². The number of amides is 1. The molecule has 5 heteroatoms. The van der Waals surface area contributed by atoms with E-state index >= 15 is 0 Å². The minimum Gasteiger partial charge on any atom is -0.468 e. The molecular weight excluding hydrogens is 374 g/mol. The first-order chi connectivity index (χ1) is 14.8. The Morgan fingerprint density at radius 1 is 1.00 bits per heavy atom. The maximum absolute atomic E-state index is 12.8. The molecule has 0 spiro atoms. The lowest BCUT2D eigenvalue weighted by molar-refractivity contribution is -0.127. The minimum absolute atomic E-state index is 0.159. The van der Waals surface area contributed by atoms with Crippen molar-refractivity contribution in [2.45, 2.75) is 51.1 Å². The average Bonchev–Trinajstić information content (AvgIpc) is 3.28. The third-order valence-corrected chi connectivity index (χ3v) is 6.55. The highest BCUT2D eigenvalue weighted by Crippen LogP contribution is 2.20. The van der Waals surface area contributed by atoms with Crippen molar-refractivity contribution < 1.29 is 9.21 Å². The lowest BCUT2D eigenvalue weighted by Crippen LogP contribution is -2.50. The normalized spacial score (nSPS) is 21.5. The highest BCUT2D eigenvalue weighted by Gasteiger charge is 2.28. The first kappa shape index (κ1) is 21.1. The number of carbonyl (C=O) groups is 1. The molecule has 0 bridgehead atoms. The molecule has 0 radical (unpaired) electrons. The number of rotatable bonds is 8. The minimum atomic E-state index is 0.159. The Bertz CT molecular complexity index is 754. The summed E-state index contributed by atoms with van der Waals surface area (Å²) >= 11 is 0. The Labute approximate surface area is 180 Å². The summed E-state index contributed by atoms with van der Waals surface area (Å²) in [5.74, 6) is 1.43. The molecule has 3 heterocycles. The van der Waals surface area contributed by atoms with E-state index in [0.29, 0.717) is 6.04 Å². The van der Waals surface area contributed by atoms with Gasteiger partial charge in [0, 0.05) is 18.5 Å². The Morgan fingerprint density at radius 3 is 2.60 bits per heavy atom. The fraction of sp³-hybridized carbons (Fsp3) is 0.560. The van der Waals surface area contributed by atoms with Gasteiger partial charge in [0.05, 0.1) is 12.8 Å². The van der Waals surface area contributed by atoms with Gasteiger partial charge in [-0.2, -0.15) is 0 Å². The summed E-state index contributed by atoms with van der Waals surface area (Å²) in [5.41, 5.74) is 1.41. The fourth-order valence-electron chi connectivity index (χ4n) is 4.82. The number of aryl methyl sites for hydroxylation is 1. The smallest absolute Gasteiger partial charge is 0.223 e. The lowest BCUT2D eigenvalue weighted by Gasteiger charge is -2.35. The van der Waals surface area contributed by atoms with Crippen molar-refractivity contribution in [2.75, 3.05) is 32.7 Å². The Kier molecular flexibility index (Phi) is 7.59. The van der Waals surface area contributed by atoms with Crippen LogP contribution in [-0.2, 0) is 17.8 Å². The molecule has 1 atom stereocenters. The van der Waals surface area contributed by atoms with E-state index in [9.17, 15) is 4.79 Å². The Balaban J connectivity index is 1.15. The van der Waals surface area contributed by atoms with Crippen molar-refractivity contribution >= 4 is 5.91 Å². The van der Waals surface area contributed by atoms with Gasteiger partial charge < -0.3 is 14.6 Å². The first-order valence-electron chi connectivity index (χ1n) is 11.6. The van der Waals surface area contributed by atoms with Crippen molar-refractivity contribution in [1.29, 1.82) is 0 Å². The third kappa shape index (κ3) is 6.19. The fourth-order valence-corrected chi connectivity index (χ4v) is 4.82. The monoisotopic (exact) mass is 409 g/mol. The molecule has 2 aliphatic heterocycles. The van der Waals surface area contributed by atoms with Crippen LogP contribution in [0.1, 0.15) is 43.4 Å². The van der Waals surface area contributed by atoms with Crippen molar-refractivity contribution in [1.82, 2.24) is 15.1 Å². The maximum Gasteiger partial charge on any atom is 0.223 e. The molecule has 2 aromatic rings. The van der Waals surface area contributed by atoms with Crippen molar-refractivity contribution in [2.24, 2.45) is 5.92 Å². The van der Waals surface area contributed by atoms with Gasteiger partial charge in [0.25, 0.3) is 0 Å². The second-order valence-corrected chi connectivity index (χ2v) is 8.87. The second kappa shape index (κ2) is 10.8. The zero-order valence-corrected chi connectivity index (χ0v) is 18.0. The zero-order valence-electron chi connectivity index (χ0n) is 18.0. The molecule has 0 saturated carbocycles. The van der Waals surface area contributed by atoms with Crippen LogP contribution >= 0.6 is 0 Å². The molecule has 2 fully saturated rings. The quantitative estimate of drug-likeness (QED) is 0.722. The predicted molar refractivity (Wildman–Crippen MR) is 119 cm³/mol. The van der Waals surface area contributed by atoms with Gasteiger partial charge in [0.2, 0.25) is 5.91 Å². The molecule has 0 aliphatic carbocycles. The summed E-state index contributed by atoms with van der Waals surface area (Å²) in [6, 6.07) is 15.0. The number of furan rings is 1. The topological polar surface area (TPSA) is 48.7 Å². The number of hydrogen-bond donors (Lipinski definition) is 1. The Morgan fingerprint density at radius 2 is 1.83 bits per heavy atom. The van der Waals surface area contributed by atoms with Gasteiger partial charge in [0.15, 0.2) is 0 Å². The van der Waals surface area contributed by atoms with E-state index < -0.39 is 0 Å². The van der Waals surface area contributed by atoms with E-state index in [2.05, 4.69) is 45.4 Å². The van der Waals surface area contributed by atoms with Gasteiger partial charge in [-0.15, -0.1) is 0 Å². The van der Waals surface area contributed by atoms with Gasteiger partial charge in [-0.1, -0.05) is 30.3 Å². The number of piperidine rings is 2. The number of likely N-dealkylation sites (tertiary alicyclic amines) is 2. The Hall–Kier alpha value is -2.11. The molecule has 2 aliphatic rings. The lowest BCUT2D eigenvalue weighted by atomic mass is 9.94. The molecule has 2 saturated heterocycles. The van der Waals surface area contributed by atoms with Crippen molar-refractivity contribution in [3.05, 3.63) is 60.1 Å². The summed E-state index contributed by atoms with van der Waals surface area (Å²) in [7, 11) is 0. The van der Waals surface area contributed by atoms with Gasteiger partial charge >= 0.3 is 0 Å². The molecule has 4 rings (SSSR count). The summed E-state index contributed by atoms with van der Waals surface area (Å²) in [6.07, 6.45) is 8.21. The molecule has 30 heavy (non-hydrogen) atoms. The summed E-state index contributed by atoms with van der Waals surface area (Å²) in [6.45, 7) is 6.06. The van der Waals surface area contributed by atoms with E-state index in [-0.39, 0.29) is 11.8 Å². The van der Waals surface area contributed by atoms with E-state index in [4.69, 9.17) is 4.42 Å². The predicted octanol–water partition coefficient (Wildman–Crippen LogP) is 3.71. The maximum atomic E-state index is 12.8. The summed E-state index contributed by atoms with van der Waals surface area (Å²) < 4.78 is 5.45. The molecule has 1 aromatic carbocycles. The summed E-state index contributed by atoms with van der Waals surface area (Å²) in [5, 5.41) is 3.37. The zero-order chi connectivity index (χ0) is 20.6. The van der Waals surface area contributed by atoms with Crippen LogP contribution in [0.25, 0.3) is 0 Å². The SMILES string of the molecule is O=C(N[C@H]1CCCN(CCCc2ccccc2)C1)C1CCN(Cc2ccco2)CC1. The highest BCUT2D eigenvalue weighted by atomic mass is 16.3. The van der Waals surface area contributed by atoms with Gasteiger partial charge in [0.1, 0.15) is 5.76 Å². The van der Waals surface area contributed by atoms with E-state index in [0.717, 1.165) is 70.7 Å². The van der Waals surface area contributed by atoms with Crippen LogP contribution in [0.5, 0.6) is 0 Å². The largest absolute Gasteiger partial charge is 0.468 e. The van der Waals surface area contributed by atoms with Crippen LogP contribution in [-0.4, -0.2) is 54.5 Å². The van der Waals surface area contributed by atoms with Crippen molar-refractivity contribution in [3.63, 3.8) is 0 Å². The van der Waals surface area contributed by atoms with Gasteiger partial charge in [-0.05, 0) is 82.4 Å². The number of nitrogens with zero attached hydrogens (tertiary/aromatic N) is 2. The number of carbonyl (C=O) groups excluding carboxylic acids is 1. The average molecular weight is 410 g/mol. The van der Waals surface area contributed by atoms with Crippen LogP contribution in [0.2, 0.25) is 0 Å². The number of nitrogens with one attached hydrogen (secondary N) is 1. The molecule has 1 amide bonds.